The first-order valence-corrected chi connectivity index (χ1v) is 6.75. The molecule has 1 fully saturated rings. The Labute approximate surface area is 123 Å². The fraction of sp³-hybridized carbons (Fsp3) is 0.250. The topological polar surface area (TPSA) is 51.1 Å². The van der Waals surface area contributed by atoms with E-state index in [4.69, 9.17) is 9.47 Å². The maximum absolute atomic E-state index is 11.3. The van der Waals surface area contributed by atoms with E-state index in [0.717, 1.165) is 16.9 Å². The molecule has 1 aliphatic heterocycles. The SMILES string of the molecule is COc1ccc([C@@H]2OC[C@H](c3ccccc3)N2N=O)cc1. The summed E-state index contributed by atoms with van der Waals surface area (Å²) in [5.41, 5.74) is 1.90. The summed E-state index contributed by atoms with van der Waals surface area (Å²) in [7, 11) is 1.62. The summed E-state index contributed by atoms with van der Waals surface area (Å²) in [6.07, 6.45) is -0.460. The highest BCUT2D eigenvalue weighted by Crippen LogP contribution is 2.39. The molecular formula is C16H16N2O3. The van der Waals surface area contributed by atoms with Crippen molar-refractivity contribution in [3.05, 3.63) is 70.6 Å². The van der Waals surface area contributed by atoms with Crippen molar-refractivity contribution in [2.24, 2.45) is 5.29 Å². The molecule has 0 amide bonds. The van der Waals surface area contributed by atoms with Gasteiger partial charge in [0.25, 0.3) is 0 Å². The van der Waals surface area contributed by atoms with Gasteiger partial charge in [0.1, 0.15) is 11.8 Å². The fourth-order valence-electron chi connectivity index (χ4n) is 2.54. The van der Waals surface area contributed by atoms with Gasteiger partial charge in [0.15, 0.2) is 6.23 Å². The molecule has 0 unspecified atom stereocenters. The number of hydrogen-bond acceptors (Lipinski definition) is 4. The highest BCUT2D eigenvalue weighted by Gasteiger charge is 2.36. The third-order valence-corrected chi connectivity index (χ3v) is 3.65. The van der Waals surface area contributed by atoms with Crippen LogP contribution in [0.1, 0.15) is 23.4 Å². The van der Waals surface area contributed by atoms with Gasteiger partial charge in [-0.05, 0) is 17.7 Å². The molecule has 5 nitrogen and oxygen atoms in total. The van der Waals surface area contributed by atoms with Crippen molar-refractivity contribution >= 4 is 0 Å². The van der Waals surface area contributed by atoms with Crippen molar-refractivity contribution in [1.82, 2.24) is 5.01 Å². The average molecular weight is 284 g/mol. The summed E-state index contributed by atoms with van der Waals surface area (Å²) < 4.78 is 10.9. The van der Waals surface area contributed by atoms with Crippen LogP contribution in [0.2, 0.25) is 0 Å². The lowest BCUT2D eigenvalue weighted by atomic mass is 10.1. The van der Waals surface area contributed by atoms with Gasteiger partial charge in [-0.1, -0.05) is 42.5 Å². The highest BCUT2D eigenvalue weighted by atomic mass is 16.5. The van der Waals surface area contributed by atoms with Crippen LogP contribution in [0.25, 0.3) is 0 Å². The number of nitrogens with zero attached hydrogens (tertiary/aromatic N) is 2. The second-order valence-corrected chi connectivity index (χ2v) is 4.85. The third kappa shape index (κ3) is 2.60. The Morgan fingerprint density at radius 2 is 1.81 bits per heavy atom. The molecule has 1 saturated heterocycles. The van der Waals surface area contributed by atoms with E-state index in [2.05, 4.69) is 5.29 Å². The number of ether oxygens (including phenoxy) is 2. The fourth-order valence-corrected chi connectivity index (χ4v) is 2.54. The maximum Gasteiger partial charge on any atom is 0.175 e. The molecule has 0 N–H and O–H groups in total. The third-order valence-electron chi connectivity index (χ3n) is 3.65. The number of rotatable bonds is 4. The quantitative estimate of drug-likeness (QED) is 0.807. The molecule has 2 aromatic rings. The van der Waals surface area contributed by atoms with Crippen LogP contribution in [0.4, 0.5) is 0 Å². The molecule has 3 rings (SSSR count). The molecule has 21 heavy (non-hydrogen) atoms. The molecule has 0 bridgehead atoms. The van der Waals surface area contributed by atoms with Crippen LogP contribution in [-0.2, 0) is 4.74 Å². The number of hydrogen-bond donors (Lipinski definition) is 0. The highest BCUT2D eigenvalue weighted by molar-refractivity contribution is 5.29. The van der Waals surface area contributed by atoms with Crippen molar-refractivity contribution in [3.63, 3.8) is 0 Å². The second kappa shape index (κ2) is 5.93. The standard InChI is InChI=1S/C16H16N2O3/c1-20-14-9-7-13(8-10-14)16-18(17-19)15(11-21-16)12-5-3-2-4-6-12/h2-10,15-16H,11H2,1H3/t15-,16+/m1/s1. The lowest BCUT2D eigenvalue weighted by Crippen LogP contribution is -2.21. The normalized spacial score (nSPS) is 21.3. The molecular weight excluding hydrogens is 268 g/mol. The van der Waals surface area contributed by atoms with Gasteiger partial charge in [-0.3, -0.25) is 0 Å². The van der Waals surface area contributed by atoms with Crippen molar-refractivity contribution in [3.8, 4) is 5.75 Å². The van der Waals surface area contributed by atoms with E-state index >= 15 is 0 Å². The molecule has 5 heteroatoms. The van der Waals surface area contributed by atoms with Crippen LogP contribution < -0.4 is 4.74 Å². The van der Waals surface area contributed by atoms with E-state index in [9.17, 15) is 4.91 Å². The van der Waals surface area contributed by atoms with Crippen molar-refractivity contribution in [1.29, 1.82) is 0 Å². The first kappa shape index (κ1) is 13.6. The Balaban J connectivity index is 1.85. The van der Waals surface area contributed by atoms with Crippen LogP contribution in [0.5, 0.6) is 5.75 Å². The molecule has 0 aromatic heterocycles. The molecule has 0 radical (unpaired) electrons. The van der Waals surface area contributed by atoms with E-state index in [-0.39, 0.29) is 6.04 Å². The number of benzene rings is 2. The van der Waals surface area contributed by atoms with Gasteiger partial charge in [-0.25, -0.2) is 5.01 Å². The van der Waals surface area contributed by atoms with E-state index < -0.39 is 6.23 Å². The van der Waals surface area contributed by atoms with Gasteiger partial charge >= 0.3 is 0 Å². The molecule has 0 saturated carbocycles. The molecule has 108 valence electrons. The van der Waals surface area contributed by atoms with Gasteiger partial charge in [0, 0.05) is 5.56 Å². The molecule has 1 heterocycles. The summed E-state index contributed by atoms with van der Waals surface area (Å²) in [6, 6.07) is 17.1. The average Bonchev–Trinajstić information content (AvgIpc) is 2.99. The second-order valence-electron chi connectivity index (χ2n) is 4.85. The molecule has 0 spiro atoms. The monoisotopic (exact) mass is 284 g/mol. The van der Waals surface area contributed by atoms with E-state index in [1.54, 1.807) is 7.11 Å². The van der Waals surface area contributed by atoms with Gasteiger partial charge in [0.2, 0.25) is 0 Å². The summed E-state index contributed by atoms with van der Waals surface area (Å²) in [5, 5.41) is 4.64. The Bertz CT molecular complexity index is 601. The zero-order chi connectivity index (χ0) is 14.7. The molecule has 2 aromatic carbocycles. The number of nitroso groups, excluding NO2 is 1. The summed E-state index contributed by atoms with van der Waals surface area (Å²) in [6.45, 7) is 0.437. The first-order valence-electron chi connectivity index (χ1n) is 6.75. The first-order chi connectivity index (χ1) is 10.3. The predicted molar refractivity (Wildman–Crippen MR) is 78.5 cm³/mol. The van der Waals surface area contributed by atoms with Gasteiger partial charge in [0.05, 0.1) is 19.0 Å². The van der Waals surface area contributed by atoms with E-state index in [0.29, 0.717) is 6.61 Å². The van der Waals surface area contributed by atoms with E-state index in [1.165, 1.54) is 5.01 Å². The molecule has 2 atom stereocenters. The zero-order valence-corrected chi connectivity index (χ0v) is 11.7. The minimum absolute atomic E-state index is 0.157. The van der Waals surface area contributed by atoms with Gasteiger partial charge < -0.3 is 9.47 Å². The van der Waals surface area contributed by atoms with Crippen molar-refractivity contribution in [2.45, 2.75) is 12.3 Å². The Kier molecular flexibility index (Phi) is 3.83. The largest absolute Gasteiger partial charge is 0.497 e. The van der Waals surface area contributed by atoms with Crippen LogP contribution in [0.3, 0.4) is 0 Å². The van der Waals surface area contributed by atoms with Crippen LogP contribution in [0.15, 0.2) is 59.9 Å². The predicted octanol–water partition coefficient (Wildman–Crippen LogP) is 3.45. The number of methoxy groups -OCH3 is 1. The van der Waals surface area contributed by atoms with E-state index in [1.807, 2.05) is 54.6 Å². The lowest BCUT2D eigenvalue weighted by Gasteiger charge is -2.22. The van der Waals surface area contributed by atoms with Crippen molar-refractivity contribution < 1.29 is 9.47 Å². The summed E-state index contributed by atoms with van der Waals surface area (Å²) in [4.78, 5) is 11.3. The summed E-state index contributed by atoms with van der Waals surface area (Å²) in [5.74, 6) is 0.766. The maximum atomic E-state index is 11.3. The zero-order valence-electron chi connectivity index (χ0n) is 11.7. The van der Waals surface area contributed by atoms with Crippen molar-refractivity contribution in [2.75, 3.05) is 13.7 Å². The smallest absolute Gasteiger partial charge is 0.175 e. The Morgan fingerprint density at radius 1 is 1.10 bits per heavy atom. The molecule has 1 aliphatic rings. The minimum atomic E-state index is -0.460. The van der Waals surface area contributed by atoms with Crippen LogP contribution >= 0.6 is 0 Å². The summed E-state index contributed by atoms with van der Waals surface area (Å²) >= 11 is 0. The van der Waals surface area contributed by atoms with Gasteiger partial charge in [-0.2, -0.15) is 0 Å². The van der Waals surface area contributed by atoms with Crippen LogP contribution in [0, 0.1) is 4.91 Å². The molecule has 0 aliphatic carbocycles. The Hall–Kier alpha value is -2.40. The van der Waals surface area contributed by atoms with Gasteiger partial charge in [-0.15, -0.1) is 4.91 Å². The minimum Gasteiger partial charge on any atom is -0.497 e. The lowest BCUT2D eigenvalue weighted by molar-refractivity contribution is 0.0294. The Morgan fingerprint density at radius 3 is 2.43 bits per heavy atom. The van der Waals surface area contributed by atoms with Crippen LogP contribution in [-0.4, -0.2) is 18.7 Å².